The maximum atomic E-state index is 10.6. The maximum Gasteiger partial charge on any atom is 0.218 e. The van der Waals surface area contributed by atoms with Crippen molar-refractivity contribution in [1.29, 1.82) is 0 Å². The number of nitrogens with one attached hydrogen (secondary N) is 1. The summed E-state index contributed by atoms with van der Waals surface area (Å²) in [7, 11) is 3.90. The molecule has 0 spiro atoms. The van der Waals surface area contributed by atoms with Crippen LogP contribution in [-0.4, -0.2) is 31.1 Å². The minimum absolute atomic E-state index is 0.0283. The lowest BCUT2D eigenvalue weighted by Crippen LogP contribution is -2.43. The number of amides is 1. The van der Waals surface area contributed by atoms with Crippen LogP contribution in [0.25, 0.3) is 0 Å². The van der Waals surface area contributed by atoms with Gasteiger partial charge < -0.3 is 5.32 Å². The number of hydrogen-bond acceptors (Lipinski definition) is 2. The Morgan fingerprint density at radius 3 is 2.20 bits per heavy atom. The van der Waals surface area contributed by atoms with Crippen molar-refractivity contribution >= 4 is 5.91 Å². The summed E-state index contributed by atoms with van der Waals surface area (Å²) < 4.78 is 0. The van der Waals surface area contributed by atoms with E-state index in [1.807, 2.05) is 25.9 Å². The van der Waals surface area contributed by atoms with Crippen LogP contribution in [0.5, 0.6) is 0 Å². The summed E-state index contributed by atoms with van der Waals surface area (Å²) in [4.78, 5) is 12.6. The molecular formula is C7H16N2O. The van der Waals surface area contributed by atoms with Crippen molar-refractivity contribution in [2.24, 2.45) is 0 Å². The fourth-order valence-electron chi connectivity index (χ4n) is 0.831. The monoisotopic (exact) mass is 144 g/mol. The normalized spacial score (nSPS) is 13.3. The molecule has 3 nitrogen and oxygen atoms in total. The minimum Gasteiger partial charge on any atom is -0.341 e. The molecule has 1 unspecified atom stereocenters. The first-order valence-corrected chi connectivity index (χ1v) is 3.51. The Labute approximate surface area is 62.4 Å². The van der Waals surface area contributed by atoms with E-state index in [0.29, 0.717) is 0 Å². The maximum absolute atomic E-state index is 10.6. The van der Waals surface area contributed by atoms with E-state index >= 15 is 0 Å². The Morgan fingerprint density at radius 1 is 1.60 bits per heavy atom. The summed E-state index contributed by atoms with van der Waals surface area (Å²) in [6.45, 7) is 3.58. The lowest BCUT2D eigenvalue weighted by Gasteiger charge is -2.22. The van der Waals surface area contributed by atoms with Crippen molar-refractivity contribution in [1.82, 2.24) is 10.2 Å². The number of nitrogens with zero attached hydrogens (tertiary/aromatic N) is 1. The molecule has 0 saturated carbocycles. The predicted molar refractivity (Wildman–Crippen MR) is 41.6 cm³/mol. The molecule has 0 bridgehead atoms. The second-order valence-electron chi connectivity index (χ2n) is 2.59. The van der Waals surface area contributed by atoms with Crippen molar-refractivity contribution in [3.63, 3.8) is 0 Å². The van der Waals surface area contributed by atoms with Crippen LogP contribution >= 0.6 is 0 Å². The van der Waals surface area contributed by atoms with E-state index in [4.69, 9.17) is 0 Å². The molecule has 3 heteroatoms. The zero-order chi connectivity index (χ0) is 8.15. The van der Waals surface area contributed by atoms with Crippen molar-refractivity contribution in [3.05, 3.63) is 0 Å². The molecule has 0 aliphatic carbocycles. The van der Waals surface area contributed by atoms with Crippen molar-refractivity contribution in [2.75, 3.05) is 14.1 Å². The Morgan fingerprint density at radius 2 is 2.10 bits per heavy atom. The molecule has 10 heavy (non-hydrogen) atoms. The molecule has 0 radical (unpaired) electrons. The number of carbonyl (C=O) groups excluding carboxylic acids is 1. The summed E-state index contributed by atoms with van der Waals surface area (Å²) in [5.74, 6) is 0.0283. The van der Waals surface area contributed by atoms with Gasteiger partial charge in [-0.1, -0.05) is 6.92 Å². The zero-order valence-corrected chi connectivity index (χ0v) is 7.14. The first kappa shape index (κ1) is 9.43. The molecule has 1 atom stereocenters. The number of hydrogen-bond donors (Lipinski definition) is 1. The van der Waals surface area contributed by atoms with Gasteiger partial charge in [-0.15, -0.1) is 0 Å². The van der Waals surface area contributed by atoms with Crippen LogP contribution in [0, 0.1) is 0 Å². The highest BCUT2D eigenvalue weighted by Crippen LogP contribution is 1.92. The molecule has 0 aliphatic heterocycles. The van der Waals surface area contributed by atoms with Gasteiger partial charge in [-0.2, -0.15) is 0 Å². The van der Waals surface area contributed by atoms with E-state index in [2.05, 4.69) is 5.32 Å². The van der Waals surface area contributed by atoms with Crippen LogP contribution in [0.3, 0.4) is 0 Å². The summed E-state index contributed by atoms with van der Waals surface area (Å²) in [6, 6.07) is 0. The molecule has 0 aliphatic rings. The second kappa shape index (κ2) is 4.28. The zero-order valence-electron chi connectivity index (χ0n) is 7.14. The topological polar surface area (TPSA) is 32.3 Å². The fourth-order valence-corrected chi connectivity index (χ4v) is 0.831. The van der Waals surface area contributed by atoms with Crippen molar-refractivity contribution < 1.29 is 4.79 Å². The fraction of sp³-hybridized carbons (Fsp3) is 0.857. The van der Waals surface area contributed by atoms with Crippen LogP contribution in [0.4, 0.5) is 0 Å². The van der Waals surface area contributed by atoms with Gasteiger partial charge in [-0.25, -0.2) is 0 Å². The third kappa shape index (κ3) is 3.45. The van der Waals surface area contributed by atoms with Crippen molar-refractivity contribution in [2.45, 2.75) is 26.4 Å². The van der Waals surface area contributed by atoms with Gasteiger partial charge in [0.2, 0.25) is 5.91 Å². The molecule has 60 valence electrons. The Balaban J connectivity index is 3.71. The quantitative estimate of drug-likeness (QED) is 0.582. The first-order valence-electron chi connectivity index (χ1n) is 3.51. The molecule has 0 rings (SSSR count). The molecule has 1 amide bonds. The van der Waals surface area contributed by atoms with Gasteiger partial charge in [-0.3, -0.25) is 9.69 Å². The highest BCUT2D eigenvalue weighted by atomic mass is 16.1. The van der Waals surface area contributed by atoms with Crippen LogP contribution in [0.2, 0.25) is 0 Å². The smallest absolute Gasteiger partial charge is 0.218 e. The third-order valence-corrected chi connectivity index (χ3v) is 1.38. The Kier molecular flexibility index (Phi) is 4.03. The predicted octanol–water partition coefficient (Wildman–Crippen LogP) is 0.420. The average molecular weight is 144 g/mol. The van der Waals surface area contributed by atoms with Gasteiger partial charge in [0.25, 0.3) is 0 Å². The number of carbonyl (C=O) groups is 1. The molecule has 0 aromatic carbocycles. The first-order chi connectivity index (χ1) is 4.57. The van der Waals surface area contributed by atoms with Crippen LogP contribution in [-0.2, 0) is 4.79 Å². The molecule has 0 aromatic rings. The summed E-state index contributed by atoms with van der Waals surface area (Å²) in [5, 5.41) is 2.82. The van der Waals surface area contributed by atoms with Gasteiger partial charge in [-0.05, 0) is 20.5 Å². The SMILES string of the molecule is CCC(NC(C)=O)N(C)C. The Hall–Kier alpha value is -0.570. The van der Waals surface area contributed by atoms with Gasteiger partial charge in [0.15, 0.2) is 0 Å². The average Bonchev–Trinajstić information content (AvgIpc) is 1.81. The standard InChI is InChI=1S/C7H16N2O/c1-5-7(9(3)4)8-6(2)10/h7H,5H2,1-4H3,(H,8,10). The molecular weight excluding hydrogens is 128 g/mol. The number of rotatable bonds is 3. The molecule has 0 heterocycles. The van der Waals surface area contributed by atoms with Crippen LogP contribution in [0.15, 0.2) is 0 Å². The summed E-state index contributed by atoms with van der Waals surface area (Å²) in [6.07, 6.45) is 1.12. The van der Waals surface area contributed by atoms with Crippen LogP contribution < -0.4 is 5.32 Å². The van der Waals surface area contributed by atoms with Gasteiger partial charge in [0.05, 0.1) is 6.17 Å². The van der Waals surface area contributed by atoms with Gasteiger partial charge >= 0.3 is 0 Å². The highest BCUT2D eigenvalue weighted by molar-refractivity contribution is 5.73. The van der Waals surface area contributed by atoms with E-state index in [1.165, 1.54) is 6.92 Å². The molecule has 0 aromatic heterocycles. The largest absolute Gasteiger partial charge is 0.341 e. The third-order valence-electron chi connectivity index (χ3n) is 1.38. The van der Waals surface area contributed by atoms with E-state index < -0.39 is 0 Å². The van der Waals surface area contributed by atoms with E-state index in [0.717, 1.165) is 6.42 Å². The lowest BCUT2D eigenvalue weighted by molar-refractivity contribution is -0.120. The minimum atomic E-state index is 0.0283. The molecule has 1 N–H and O–H groups in total. The van der Waals surface area contributed by atoms with E-state index in [9.17, 15) is 4.79 Å². The van der Waals surface area contributed by atoms with Gasteiger partial charge in [0, 0.05) is 6.92 Å². The van der Waals surface area contributed by atoms with Gasteiger partial charge in [0.1, 0.15) is 0 Å². The lowest BCUT2D eigenvalue weighted by atomic mass is 10.3. The summed E-state index contributed by atoms with van der Waals surface area (Å²) in [5.41, 5.74) is 0. The second-order valence-corrected chi connectivity index (χ2v) is 2.59. The van der Waals surface area contributed by atoms with E-state index in [-0.39, 0.29) is 12.1 Å². The Bertz CT molecular complexity index is 112. The van der Waals surface area contributed by atoms with Crippen molar-refractivity contribution in [3.8, 4) is 0 Å². The van der Waals surface area contributed by atoms with Crippen LogP contribution in [0.1, 0.15) is 20.3 Å². The van der Waals surface area contributed by atoms with E-state index in [1.54, 1.807) is 0 Å². The summed E-state index contributed by atoms with van der Waals surface area (Å²) >= 11 is 0. The molecule has 0 fully saturated rings. The highest BCUT2D eigenvalue weighted by Gasteiger charge is 2.07. The molecule has 0 saturated heterocycles.